The van der Waals surface area contributed by atoms with Crippen LogP contribution in [0.25, 0.3) is 11.1 Å². The zero-order valence-corrected chi connectivity index (χ0v) is 20.3. The standard InChI is InChI=1S/C13H10O.C9H13NO.C6H14N2O2/c14-10-11-6-8-13(9-7-11)12-4-2-1-3-5-12;1-11-9-5-3-2-4-8(9)6-7-10;7-4-2-1-3-5(8)6(9)10/h1-10H;2-5H,6-7,10H2,1H3;5H,1-4,7-8H2,(H,9,10)/t;;5-/m..0/s1. The number of ether oxygens (including phenoxy) is 1. The zero-order chi connectivity index (χ0) is 25.9. The third-order valence-electron chi connectivity index (χ3n) is 5.05. The molecule has 0 radical (unpaired) electrons. The van der Waals surface area contributed by atoms with Crippen molar-refractivity contribution in [1.29, 1.82) is 0 Å². The Labute approximate surface area is 207 Å². The van der Waals surface area contributed by atoms with Crippen molar-refractivity contribution in [3.05, 3.63) is 90.0 Å². The summed E-state index contributed by atoms with van der Waals surface area (Å²) in [5, 5.41) is 8.33. The molecule has 3 rings (SSSR count). The van der Waals surface area contributed by atoms with Gasteiger partial charge < -0.3 is 27.0 Å². The van der Waals surface area contributed by atoms with Gasteiger partial charge in [-0.15, -0.1) is 0 Å². The smallest absolute Gasteiger partial charge is 0.320 e. The molecule has 0 unspecified atom stereocenters. The van der Waals surface area contributed by atoms with Gasteiger partial charge in [0.25, 0.3) is 0 Å². The second kappa shape index (κ2) is 17.9. The molecule has 0 amide bonds. The Morgan fingerprint density at radius 1 is 0.886 bits per heavy atom. The van der Waals surface area contributed by atoms with Crippen LogP contribution in [0, 0.1) is 0 Å². The molecule has 0 bridgehead atoms. The number of carboxylic acid groups (broad SMARTS) is 1. The van der Waals surface area contributed by atoms with Crippen molar-refractivity contribution in [2.45, 2.75) is 31.7 Å². The molecular weight excluding hydrogens is 442 g/mol. The molecule has 0 aromatic heterocycles. The van der Waals surface area contributed by atoms with Crippen molar-refractivity contribution in [3.8, 4) is 16.9 Å². The number of para-hydroxylation sites is 1. The number of methoxy groups -OCH3 is 1. The maximum absolute atomic E-state index is 10.5. The lowest BCUT2D eigenvalue weighted by Crippen LogP contribution is -2.29. The van der Waals surface area contributed by atoms with Gasteiger partial charge in [-0.3, -0.25) is 9.59 Å². The van der Waals surface area contributed by atoms with E-state index in [2.05, 4.69) is 12.1 Å². The minimum atomic E-state index is -0.933. The maximum atomic E-state index is 10.5. The molecule has 0 aliphatic heterocycles. The van der Waals surface area contributed by atoms with Crippen LogP contribution in [0.15, 0.2) is 78.9 Å². The highest BCUT2D eigenvalue weighted by atomic mass is 16.5. The molecule has 0 fully saturated rings. The highest BCUT2D eigenvalue weighted by molar-refractivity contribution is 5.76. The van der Waals surface area contributed by atoms with Crippen LogP contribution in [0.5, 0.6) is 5.75 Å². The van der Waals surface area contributed by atoms with E-state index in [4.69, 9.17) is 27.0 Å². The summed E-state index contributed by atoms with van der Waals surface area (Å²) >= 11 is 0. The lowest BCUT2D eigenvalue weighted by Gasteiger charge is -2.05. The van der Waals surface area contributed by atoms with Crippen molar-refractivity contribution in [2.24, 2.45) is 17.2 Å². The molecule has 0 aliphatic carbocycles. The zero-order valence-electron chi connectivity index (χ0n) is 20.3. The van der Waals surface area contributed by atoms with E-state index in [1.165, 1.54) is 11.1 Å². The monoisotopic (exact) mass is 479 g/mol. The summed E-state index contributed by atoms with van der Waals surface area (Å²) in [6.07, 6.45) is 3.90. The van der Waals surface area contributed by atoms with Gasteiger partial charge in [-0.25, -0.2) is 0 Å². The van der Waals surface area contributed by atoms with Gasteiger partial charge in [0.2, 0.25) is 0 Å². The number of aldehydes is 1. The Kier molecular flexibility index (Phi) is 15.1. The van der Waals surface area contributed by atoms with E-state index >= 15 is 0 Å². The molecule has 0 saturated heterocycles. The van der Waals surface area contributed by atoms with Crippen LogP contribution in [-0.2, 0) is 11.2 Å². The van der Waals surface area contributed by atoms with Crippen molar-refractivity contribution in [1.82, 2.24) is 0 Å². The van der Waals surface area contributed by atoms with Gasteiger partial charge in [-0.1, -0.05) is 79.2 Å². The second-order valence-electron chi connectivity index (χ2n) is 7.69. The molecule has 35 heavy (non-hydrogen) atoms. The number of carbonyl (C=O) groups excluding carboxylic acids is 1. The normalized spacial score (nSPS) is 10.6. The van der Waals surface area contributed by atoms with Crippen LogP contribution < -0.4 is 21.9 Å². The quantitative estimate of drug-likeness (QED) is 0.255. The highest BCUT2D eigenvalue weighted by Gasteiger charge is 2.09. The third-order valence-corrected chi connectivity index (χ3v) is 5.05. The first kappa shape index (κ1) is 29.5. The Balaban J connectivity index is 0.000000268. The predicted molar refractivity (Wildman–Crippen MR) is 142 cm³/mol. The SMILES string of the molecule is COc1ccccc1CCN.NCCCC[C@H](N)C(=O)O.O=Cc1ccc(-c2ccccc2)cc1. The van der Waals surface area contributed by atoms with Gasteiger partial charge in [0.1, 0.15) is 18.1 Å². The first-order chi connectivity index (χ1) is 17.0. The van der Waals surface area contributed by atoms with Gasteiger partial charge in [0, 0.05) is 5.56 Å². The van der Waals surface area contributed by atoms with Gasteiger partial charge in [0.15, 0.2) is 0 Å². The fraction of sp³-hybridized carbons (Fsp3) is 0.286. The molecule has 7 heteroatoms. The van der Waals surface area contributed by atoms with Crippen LogP contribution in [0.1, 0.15) is 35.2 Å². The summed E-state index contributed by atoms with van der Waals surface area (Å²) in [7, 11) is 1.68. The molecule has 7 nitrogen and oxygen atoms in total. The Bertz CT molecular complexity index is 979. The molecule has 7 N–H and O–H groups in total. The lowest BCUT2D eigenvalue weighted by molar-refractivity contribution is -0.138. The van der Waals surface area contributed by atoms with Crippen LogP contribution in [-0.4, -0.2) is 43.6 Å². The Hall–Kier alpha value is -3.52. The topological polar surface area (TPSA) is 142 Å². The molecule has 0 heterocycles. The Morgan fingerprint density at radius 3 is 2.03 bits per heavy atom. The molecule has 0 aliphatic rings. The van der Waals surface area contributed by atoms with E-state index in [1.807, 2.05) is 66.7 Å². The highest BCUT2D eigenvalue weighted by Crippen LogP contribution is 2.18. The minimum Gasteiger partial charge on any atom is -0.496 e. The van der Waals surface area contributed by atoms with E-state index in [0.717, 1.165) is 36.9 Å². The number of hydrogen-bond donors (Lipinski definition) is 4. The third kappa shape index (κ3) is 12.0. The number of aliphatic carboxylic acids is 1. The molecule has 3 aromatic rings. The fourth-order valence-electron chi connectivity index (χ4n) is 3.08. The van der Waals surface area contributed by atoms with Gasteiger partial charge in [-0.05, 0) is 55.1 Å². The molecule has 188 valence electrons. The van der Waals surface area contributed by atoms with E-state index in [-0.39, 0.29) is 0 Å². The summed E-state index contributed by atoms with van der Waals surface area (Å²) in [5.41, 5.74) is 20.0. The first-order valence-corrected chi connectivity index (χ1v) is 11.6. The van der Waals surface area contributed by atoms with Gasteiger partial charge >= 0.3 is 5.97 Å². The average Bonchev–Trinajstić information content (AvgIpc) is 2.90. The van der Waals surface area contributed by atoms with Crippen molar-refractivity contribution in [3.63, 3.8) is 0 Å². The van der Waals surface area contributed by atoms with E-state index < -0.39 is 12.0 Å². The van der Waals surface area contributed by atoms with Crippen LogP contribution in [0.2, 0.25) is 0 Å². The average molecular weight is 480 g/mol. The number of nitrogens with two attached hydrogens (primary N) is 3. The molecule has 3 aromatic carbocycles. The summed E-state index contributed by atoms with van der Waals surface area (Å²) in [5.74, 6) is -0.00466. The number of carbonyl (C=O) groups is 2. The van der Waals surface area contributed by atoms with Crippen molar-refractivity contribution in [2.75, 3.05) is 20.2 Å². The number of benzene rings is 3. The molecule has 0 saturated carbocycles. The number of hydrogen-bond acceptors (Lipinski definition) is 6. The van der Waals surface area contributed by atoms with E-state index in [0.29, 0.717) is 25.1 Å². The number of carboxylic acids is 1. The number of rotatable bonds is 10. The fourth-order valence-corrected chi connectivity index (χ4v) is 3.08. The van der Waals surface area contributed by atoms with Crippen LogP contribution in [0.4, 0.5) is 0 Å². The van der Waals surface area contributed by atoms with Crippen molar-refractivity contribution >= 4 is 12.3 Å². The van der Waals surface area contributed by atoms with Gasteiger partial charge in [0.05, 0.1) is 7.11 Å². The van der Waals surface area contributed by atoms with Gasteiger partial charge in [-0.2, -0.15) is 0 Å². The van der Waals surface area contributed by atoms with E-state index in [9.17, 15) is 9.59 Å². The van der Waals surface area contributed by atoms with Crippen LogP contribution >= 0.6 is 0 Å². The van der Waals surface area contributed by atoms with Crippen molar-refractivity contribution < 1.29 is 19.4 Å². The Morgan fingerprint density at radius 2 is 1.49 bits per heavy atom. The predicted octanol–water partition coefficient (Wildman–Crippen LogP) is 3.89. The summed E-state index contributed by atoms with van der Waals surface area (Å²) < 4.78 is 5.14. The van der Waals surface area contributed by atoms with Crippen LogP contribution in [0.3, 0.4) is 0 Å². The molecular formula is C28H37N3O4. The lowest BCUT2D eigenvalue weighted by atomic mass is 10.0. The summed E-state index contributed by atoms with van der Waals surface area (Å²) in [6, 6.07) is 24.9. The maximum Gasteiger partial charge on any atom is 0.320 e. The molecule has 1 atom stereocenters. The van der Waals surface area contributed by atoms with E-state index in [1.54, 1.807) is 7.11 Å². The largest absolute Gasteiger partial charge is 0.496 e. The number of unbranched alkanes of at least 4 members (excludes halogenated alkanes) is 1. The first-order valence-electron chi connectivity index (χ1n) is 11.6. The molecule has 0 spiro atoms. The summed E-state index contributed by atoms with van der Waals surface area (Å²) in [4.78, 5) is 20.6. The summed E-state index contributed by atoms with van der Waals surface area (Å²) in [6.45, 7) is 1.27. The minimum absolute atomic E-state index is 0.520. The second-order valence-corrected chi connectivity index (χ2v) is 7.69.